The van der Waals surface area contributed by atoms with Gasteiger partial charge in [0, 0.05) is 28.0 Å². The van der Waals surface area contributed by atoms with Crippen molar-refractivity contribution >= 4 is 21.8 Å². The van der Waals surface area contributed by atoms with E-state index in [-0.39, 0.29) is 0 Å². The van der Waals surface area contributed by atoms with E-state index in [4.69, 9.17) is 15.2 Å². The van der Waals surface area contributed by atoms with Gasteiger partial charge in [-0.15, -0.1) is 0 Å². The molecule has 166 valence electrons. The Morgan fingerprint density at radius 3 is 2.58 bits per heavy atom. The van der Waals surface area contributed by atoms with Crippen LogP contribution in [0.1, 0.15) is 18.4 Å². The van der Waals surface area contributed by atoms with E-state index in [9.17, 15) is 0 Å². The summed E-state index contributed by atoms with van der Waals surface area (Å²) in [5.74, 6) is 2.45. The average molecular weight is 438 g/mol. The van der Waals surface area contributed by atoms with Gasteiger partial charge in [-0.3, -0.25) is 4.98 Å². The first-order valence-corrected chi connectivity index (χ1v) is 11.3. The number of methoxy groups -OCH3 is 1. The normalized spacial score (nSPS) is 11.2. The molecule has 0 radical (unpaired) electrons. The van der Waals surface area contributed by atoms with Gasteiger partial charge >= 0.3 is 0 Å². The molecule has 0 unspecified atom stereocenters. The van der Waals surface area contributed by atoms with Gasteiger partial charge in [0.25, 0.3) is 0 Å². The Kier molecular flexibility index (Phi) is 5.96. The minimum absolute atomic E-state index is 0.682. The van der Waals surface area contributed by atoms with Gasteiger partial charge in [0.05, 0.1) is 18.3 Å². The summed E-state index contributed by atoms with van der Waals surface area (Å²) >= 11 is 0. The lowest BCUT2D eigenvalue weighted by atomic mass is 9.97. The molecule has 0 fully saturated rings. The maximum Gasteiger partial charge on any atom is 0.128 e. The zero-order valence-electron chi connectivity index (χ0n) is 18.7. The lowest BCUT2D eigenvalue weighted by Gasteiger charge is -2.13. The quantitative estimate of drug-likeness (QED) is 0.273. The molecule has 0 saturated carbocycles. The lowest BCUT2D eigenvalue weighted by Crippen LogP contribution is -2.00. The van der Waals surface area contributed by atoms with E-state index in [0.29, 0.717) is 6.54 Å². The fourth-order valence-electron chi connectivity index (χ4n) is 4.39. The van der Waals surface area contributed by atoms with Crippen LogP contribution in [0.4, 0.5) is 0 Å². The molecule has 2 aromatic heterocycles. The highest BCUT2D eigenvalue weighted by molar-refractivity contribution is 6.02. The van der Waals surface area contributed by atoms with Crippen molar-refractivity contribution in [3.05, 3.63) is 84.6 Å². The highest BCUT2D eigenvalue weighted by Crippen LogP contribution is 2.41. The summed E-state index contributed by atoms with van der Waals surface area (Å²) in [5, 5.41) is 2.21. The molecule has 0 saturated heterocycles. The van der Waals surface area contributed by atoms with Crippen LogP contribution >= 0.6 is 0 Å². The smallest absolute Gasteiger partial charge is 0.128 e. The summed E-state index contributed by atoms with van der Waals surface area (Å²) in [4.78, 5) is 8.23. The Hall–Kier alpha value is -3.83. The first kappa shape index (κ1) is 21.0. The van der Waals surface area contributed by atoms with Gasteiger partial charge in [-0.2, -0.15) is 0 Å². The van der Waals surface area contributed by atoms with Crippen molar-refractivity contribution in [1.82, 2.24) is 9.97 Å². The maximum absolute atomic E-state index is 6.13. The van der Waals surface area contributed by atoms with Crippen LogP contribution in [-0.2, 0) is 6.42 Å². The molecule has 0 spiro atoms. The summed E-state index contributed by atoms with van der Waals surface area (Å²) in [6, 6.07) is 24.1. The standard InChI is InChI=1S/C28H27N3O2/c1-32-26-15-14-24-22(11-7-17-30-24)27(26)28-21(10-5-6-16-29)23-18-20(12-13-25(23)31-28)33-19-8-3-2-4-9-19/h2-4,7-9,11-15,17-18,31H,5-6,10,16,29H2,1H3. The molecule has 5 nitrogen and oxygen atoms in total. The SMILES string of the molecule is COc1ccc2ncccc2c1-c1[nH]c2ccc(Oc3ccccc3)cc2c1CCCCN. The van der Waals surface area contributed by atoms with Crippen LogP contribution < -0.4 is 15.2 Å². The summed E-state index contributed by atoms with van der Waals surface area (Å²) in [7, 11) is 1.71. The molecule has 0 amide bonds. The van der Waals surface area contributed by atoms with Crippen LogP contribution in [0.15, 0.2) is 79.0 Å². The van der Waals surface area contributed by atoms with E-state index in [0.717, 1.165) is 69.6 Å². The van der Waals surface area contributed by atoms with Gasteiger partial charge in [-0.05, 0) is 79.9 Å². The summed E-state index contributed by atoms with van der Waals surface area (Å²) in [5.41, 5.74) is 11.1. The number of benzene rings is 3. The molecule has 0 aliphatic rings. The Balaban J connectivity index is 1.69. The number of unbranched alkanes of at least 4 members (excludes halogenated alkanes) is 1. The second-order valence-corrected chi connectivity index (χ2v) is 8.06. The predicted molar refractivity (Wildman–Crippen MR) is 134 cm³/mol. The molecule has 0 aliphatic carbocycles. The van der Waals surface area contributed by atoms with Crippen LogP contribution in [0.3, 0.4) is 0 Å². The van der Waals surface area contributed by atoms with Crippen molar-refractivity contribution < 1.29 is 9.47 Å². The monoisotopic (exact) mass is 437 g/mol. The number of H-pyrrole nitrogens is 1. The third-order valence-corrected chi connectivity index (χ3v) is 5.95. The fraction of sp³-hybridized carbons (Fsp3) is 0.179. The number of nitrogens with zero attached hydrogens (tertiary/aromatic N) is 1. The van der Waals surface area contributed by atoms with Crippen LogP contribution in [0.5, 0.6) is 17.2 Å². The van der Waals surface area contributed by atoms with Crippen LogP contribution in [0.25, 0.3) is 33.1 Å². The first-order valence-electron chi connectivity index (χ1n) is 11.3. The van der Waals surface area contributed by atoms with Gasteiger partial charge in [-0.1, -0.05) is 24.3 Å². The molecule has 0 atom stereocenters. The number of rotatable bonds is 8. The number of fused-ring (bicyclic) bond motifs is 2. The number of hydrogen-bond donors (Lipinski definition) is 2. The number of aryl methyl sites for hydroxylation is 1. The number of aromatic nitrogens is 2. The average Bonchev–Trinajstić information content (AvgIpc) is 3.21. The second-order valence-electron chi connectivity index (χ2n) is 8.06. The molecule has 33 heavy (non-hydrogen) atoms. The largest absolute Gasteiger partial charge is 0.496 e. The van der Waals surface area contributed by atoms with Crippen molar-refractivity contribution in [3.8, 4) is 28.5 Å². The molecule has 5 heteroatoms. The van der Waals surface area contributed by atoms with Gasteiger partial charge in [-0.25, -0.2) is 0 Å². The van der Waals surface area contributed by atoms with E-state index < -0.39 is 0 Å². The van der Waals surface area contributed by atoms with E-state index in [1.165, 1.54) is 5.56 Å². The number of hydrogen-bond acceptors (Lipinski definition) is 4. The van der Waals surface area contributed by atoms with E-state index in [1.54, 1.807) is 7.11 Å². The van der Waals surface area contributed by atoms with Crippen molar-refractivity contribution in [3.63, 3.8) is 0 Å². The zero-order chi connectivity index (χ0) is 22.6. The number of nitrogens with one attached hydrogen (secondary N) is 1. The van der Waals surface area contributed by atoms with Crippen molar-refractivity contribution in [2.24, 2.45) is 5.73 Å². The third-order valence-electron chi connectivity index (χ3n) is 5.95. The highest BCUT2D eigenvalue weighted by Gasteiger charge is 2.20. The van der Waals surface area contributed by atoms with E-state index in [1.807, 2.05) is 60.8 Å². The fourth-order valence-corrected chi connectivity index (χ4v) is 4.39. The number of aromatic amines is 1. The molecule has 3 aromatic carbocycles. The first-order chi connectivity index (χ1) is 16.3. The molecule has 3 N–H and O–H groups in total. The van der Waals surface area contributed by atoms with Gasteiger partial charge in [0.15, 0.2) is 0 Å². The molecule has 5 rings (SSSR count). The minimum atomic E-state index is 0.682. The Morgan fingerprint density at radius 2 is 1.76 bits per heavy atom. The molecular formula is C28H27N3O2. The minimum Gasteiger partial charge on any atom is -0.496 e. The van der Waals surface area contributed by atoms with Crippen molar-refractivity contribution in [2.45, 2.75) is 19.3 Å². The Labute approximate surface area is 193 Å². The van der Waals surface area contributed by atoms with Gasteiger partial charge in [0.2, 0.25) is 0 Å². The highest BCUT2D eigenvalue weighted by atomic mass is 16.5. The van der Waals surface area contributed by atoms with Gasteiger partial charge in [0.1, 0.15) is 17.2 Å². The molecule has 0 aliphatic heterocycles. The Morgan fingerprint density at radius 1 is 0.879 bits per heavy atom. The van der Waals surface area contributed by atoms with Crippen LogP contribution in [0, 0.1) is 0 Å². The maximum atomic E-state index is 6.13. The van der Waals surface area contributed by atoms with Crippen LogP contribution in [0.2, 0.25) is 0 Å². The van der Waals surface area contributed by atoms with Crippen molar-refractivity contribution in [2.75, 3.05) is 13.7 Å². The van der Waals surface area contributed by atoms with Crippen molar-refractivity contribution in [1.29, 1.82) is 0 Å². The predicted octanol–water partition coefficient (Wildman–Crippen LogP) is 6.47. The van der Waals surface area contributed by atoms with Crippen LogP contribution in [-0.4, -0.2) is 23.6 Å². The summed E-state index contributed by atoms with van der Waals surface area (Å²) < 4.78 is 11.9. The zero-order valence-corrected chi connectivity index (χ0v) is 18.7. The second kappa shape index (κ2) is 9.35. The molecule has 5 aromatic rings. The topological polar surface area (TPSA) is 73.2 Å². The summed E-state index contributed by atoms with van der Waals surface area (Å²) in [6.07, 6.45) is 4.70. The number of para-hydroxylation sites is 1. The van der Waals surface area contributed by atoms with E-state index in [2.05, 4.69) is 28.2 Å². The molecule has 0 bridgehead atoms. The number of nitrogens with two attached hydrogens (primary N) is 1. The third kappa shape index (κ3) is 4.15. The molecule has 2 heterocycles. The summed E-state index contributed by atoms with van der Waals surface area (Å²) in [6.45, 7) is 0.682. The van der Waals surface area contributed by atoms with Gasteiger partial charge < -0.3 is 20.2 Å². The lowest BCUT2D eigenvalue weighted by molar-refractivity contribution is 0.417. The van der Waals surface area contributed by atoms with E-state index >= 15 is 0 Å². The number of pyridine rings is 1. The number of ether oxygens (including phenoxy) is 2. The molecular weight excluding hydrogens is 410 g/mol. The Bertz CT molecular complexity index is 1390.